The molecule has 1 nitrogen and oxygen atoms in total. The van der Waals surface area contributed by atoms with Crippen molar-refractivity contribution in [1.29, 1.82) is 0 Å². The largest absolute Gasteiger partial charge is 0.498 e. The van der Waals surface area contributed by atoms with Gasteiger partial charge in [0.2, 0.25) is 0 Å². The van der Waals surface area contributed by atoms with Gasteiger partial charge in [0.1, 0.15) is 0 Å². The van der Waals surface area contributed by atoms with Gasteiger partial charge in [-0.25, -0.2) is 0 Å². The maximum Gasteiger partial charge on any atom is 0.0920 e. The number of rotatable bonds is 0. The Kier molecular flexibility index (Phi) is 2.02. The summed E-state index contributed by atoms with van der Waals surface area (Å²) in [5, 5.41) is 0. The normalized spacial score (nSPS) is 34.0. The molecule has 1 rings (SSSR count). The van der Waals surface area contributed by atoms with E-state index in [1.54, 1.807) is 0 Å². The summed E-state index contributed by atoms with van der Waals surface area (Å²) in [6, 6.07) is 0. The molecule has 2 unspecified atom stereocenters. The SMILES string of the molecule is CC1=C(C)C(C)C(C)CO1. The van der Waals surface area contributed by atoms with Crippen LogP contribution in [0.15, 0.2) is 11.3 Å². The van der Waals surface area contributed by atoms with Crippen LogP contribution in [0.25, 0.3) is 0 Å². The van der Waals surface area contributed by atoms with Crippen LogP contribution >= 0.6 is 0 Å². The Morgan fingerprint density at radius 3 is 2.40 bits per heavy atom. The van der Waals surface area contributed by atoms with Crippen molar-refractivity contribution in [2.45, 2.75) is 27.7 Å². The van der Waals surface area contributed by atoms with Crippen molar-refractivity contribution in [2.75, 3.05) is 6.61 Å². The van der Waals surface area contributed by atoms with Crippen LogP contribution in [0.1, 0.15) is 27.7 Å². The molecule has 0 aromatic rings. The highest BCUT2D eigenvalue weighted by molar-refractivity contribution is 5.10. The lowest BCUT2D eigenvalue weighted by Crippen LogP contribution is -2.21. The van der Waals surface area contributed by atoms with Crippen molar-refractivity contribution >= 4 is 0 Å². The molecule has 0 aromatic heterocycles. The van der Waals surface area contributed by atoms with Crippen molar-refractivity contribution in [3.8, 4) is 0 Å². The zero-order valence-corrected chi connectivity index (χ0v) is 7.27. The summed E-state index contributed by atoms with van der Waals surface area (Å²) in [7, 11) is 0. The van der Waals surface area contributed by atoms with E-state index in [0.29, 0.717) is 11.8 Å². The van der Waals surface area contributed by atoms with E-state index in [2.05, 4.69) is 27.7 Å². The first-order chi connectivity index (χ1) is 4.63. The first-order valence-corrected chi connectivity index (χ1v) is 3.93. The fourth-order valence-electron chi connectivity index (χ4n) is 1.26. The molecule has 0 radical (unpaired) electrons. The van der Waals surface area contributed by atoms with Crippen molar-refractivity contribution in [2.24, 2.45) is 11.8 Å². The number of allylic oxidation sites excluding steroid dienone is 2. The van der Waals surface area contributed by atoms with E-state index in [1.807, 2.05) is 0 Å². The second-order valence-corrected chi connectivity index (χ2v) is 3.32. The van der Waals surface area contributed by atoms with E-state index < -0.39 is 0 Å². The van der Waals surface area contributed by atoms with Gasteiger partial charge in [-0.15, -0.1) is 0 Å². The molecule has 0 aromatic carbocycles. The van der Waals surface area contributed by atoms with Gasteiger partial charge < -0.3 is 4.74 Å². The van der Waals surface area contributed by atoms with Gasteiger partial charge in [-0.3, -0.25) is 0 Å². The van der Waals surface area contributed by atoms with E-state index in [1.165, 1.54) is 5.57 Å². The molecule has 58 valence electrons. The first kappa shape index (κ1) is 7.64. The second kappa shape index (κ2) is 2.65. The molecule has 0 spiro atoms. The summed E-state index contributed by atoms with van der Waals surface area (Å²) >= 11 is 0. The molecular weight excluding hydrogens is 124 g/mol. The predicted octanol–water partition coefficient (Wildman–Crippen LogP) is 2.58. The molecule has 0 bridgehead atoms. The van der Waals surface area contributed by atoms with Gasteiger partial charge >= 0.3 is 0 Å². The maximum absolute atomic E-state index is 5.45. The molecule has 0 saturated carbocycles. The van der Waals surface area contributed by atoms with Gasteiger partial charge in [0.25, 0.3) is 0 Å². The van der Waals surface area contributed by atoms with Gasteiger partial charge in [0, 0.05) is 0 Å². The minimum atomic E-state index is 0.684. The highest BCUT2D eigenvalue weighted by atomic mass is 16.5. The molecule has 10 heavy (non-hydrogen) atoms. The summed E-state index contributed by atoms with van der Waals surface area (Å²) in [5.41, 5.74) is 1.42. The van der Waals surface area contributed by atoms with Crippen LogP contribution < -0.4 is 0 Å². The van der Waals surface area contributed by atoms with E-state index in [9.17, 15) is 0 Å². The van der Waals surface area contributed by atoms with E-state index in [-0.39, 0.29) is 0 Å². The molecule has 0 aliphatic carbocycles. The quantitative estimate of drug-likeness (QED) is 0.502. The van der Waals surface area contributed by atoms with Gasteiger partial charge in [0.15, 0.2) is 0 Å². The summed E-state index contributed by atoms with van der Waals surface area (Å²) in [6.07, 6.45) is 0. The molecular formula is C9H16O. The molecule has 1 aliphatic rings. The minimum Gasteiger partial charge on any atom is -0.498 e. The molecule has 0 N–H and O–H groups in total. The smallest absolute Gasteiger partial charge is 0.0920 e. The third-order valence-electron chi connectivity index (χ3n) is 2.65. The van der Waals surface area contributed by atoms with Crippen LogP contribution in [-0.2, 0) is 4.74 Å². The standard InChI is InChI=1S/C9H16O/c1-6-5-10-9(4)8(3)7(6)2/h6-7H,5H2,1-4H3. The summed E-state index contributed by atoms with van der Waals surface area (Å²) in [5.74, 6) is 2.52. The summed E-state index contributed by atoms with van der Waals surface area (Å²) in [6.45, 7) is 9.62. The van der Waals surface area contributed by atoms with Crippen molar-refractivity contribution in [3.63, 3.8) is 0 Å². The Morgan fingerprint density at radius 2 is 1.90 bits per heavy atom. The lowest BCUT2D eigenvalue weighted by molar-refractivity contribution is 0.123. The zero-order chi connectivity index (χ0) is 7.72. The van der Waals surface area contributed by atoms with Gasteiger partial charge in [-0.1, -0.05) is 13.8 Å². The molecule has 1 heterocycles. The minimum absolute atomic E-state index is 0.684. The number of ether oxygens (including phenoxy) is 1. The Balaban J connectivity index is 2.77. The second-order valence-electron chi connectivity index (χ2n) is 3.32. The Morgan fingerprint density at radius 1 is 1.30 bits per heavy atom. The summed E-state index contributed by atoms with van der Waals surface area (Å²) < 4.78 is 5.45. The number of hydrogen-bond donors (Lipinski definition) is 0. The first-order valence-electron chi connectivity index (χ1n) is 3.93. The van der Waals surface area contributed by atoms with Crippen LogP contribution in [0.5, 0.6) is 0 Å². The Bertz CT molecular complexity index is 158. The monoisotopic (exact) mass is 140 g/mol. The van der Waals surface area contributed by atoms with E-state index in [4.69, 9.17) is 4.74 Å². The molecule has 1 aliphatic heterocycles. The average molecular weight is 140 g/mol. The predicted molar refractivity (Wildman–Crippen MR) is 42.7 cm³/mol. The lowest BCUT2D eigenvalue weighted by Gasteiger charge is -2.28. The third-order valence-corrected chi connectivity index (χ3v) is 2.65. The van der Waals surface area contributed by atoms with E-state index >= 15 is 0 Å². The zero-order valence-electron chi connectivity index (χ0n) is 7.27. The molecule has 0 fully saturated rings. The topological polar surface area (TPSA) is 9.23 Å². The summed E-state index contributed by atoms with van der Waals surface area (Å²) in [4.78, 5) is 0. The lowest BCUT2D eigenvalue weighted by atomic mass is 9.88. The molecule has 0 saturated heterocycles. The molecule has 0 amide bonds. The van der Waals surface area contributed by atoms with Crippen molar-refractivity contribution < 1.29 is 4.74 Å². The van der Waals surface area contributed by atoms with Crippen LogP contribution in [0.2, 0.25) is 0 Å². The third kappa shape index (κ3) is 1.18. The van der Waals surface area contributed by atoms with Gasteiger partial charge in [-0.05, 0) is 31.3 Å². The van der Waals surface area contributed by atoms with Crippen molar-refractivity contribution in [1.82, 2.24) is 0 Å². The fraction of sp³-hybridized carbons (Fsp3) is 0.778. The van der Waals surface area contributed by atoms with E-state index in [0.717, 1.165) is 12.4 Å². The van der Waals surface area contributed by atoms with Crippen LogP contribution in [0.4, 0.5) is 0 Å². The highest BCUT2D eigenvalue weighted by Gasteiger charge is 2.21. The fourth-order valence-corrected chi connectivity index (χ4v) is 1.26. The average Bonchev–Trinajstić information content (AvgIpc) is 1.93. The van der Waals surface area contributed by atoms with Gasteiger partial charge in [0.05, 0.1) is 12.4 Å². The maximum atomic E-state index is 5.45. The number of hydrogen-bond acceptors (Lipinski definition) is 1. The van der Waals surface area contributed by atoms with Crippen LogP contribution in [0, 0.1) is 11.8 Å². The van der Waals surface area contributed by atoms with Gasteiger partial charge in [-0.2, -0.15) is 0 Å². The van der Waals surface area contributed by atoms with Crippen LogP contribution in [0.3, 0.4) is 0 Å². The van der Waals surface area contributed by atoms with Crippen LogP contribution in [-0.4, -0.2) is 6.61 Å². The molecule has 1 heteroatoms. The molecule has 2 atom stereocenters. The Hall–Kier alpha value is -0.460. The Labute approximate surface area is 63.1 Å². The highest BCUT2D eigenvalue weighted by Crippen LogP contribution is 2.28. The van der Waals surface area contributed by atoms with Crippen molar-refractivity contribution in [3.05, 3.63) is 11.3 Å².